The van der Waals surface area contributed by atoms with Gasteiger partial charge < -0.3 is 5.73 Å². The third kappa shape index (κ3) is 2.28. The number of benzene rings is 1. The first-order chi connectivity index (χ1) is 7.57. The molecule has 0 spiro atoms. The quantitative estimate of drug-likeness (QED) is 0.831. The van der Waals surface area contributed by atoms with Gasteiger partial charge in [-0.1, -0.05) is 30.3 Å². The summed E-state index contributed by atoms with van der Waals surface area (Å²) in [5.41, 5.74) is 8.90. The first-order valence-corrected chi connectivity index (χ1v) is 5.38. The Balaban J connectivity index is 2.45. The molecule has 16 heavy (non-hydrogen) atoms. The van der Waals surface area contributed by atoms with Crippen molar-refractivity contribution in [2.45, 2.75) is 19.4 Å². The molecule has 0 unspecified atom stereocenters. The fourth-order valence-corrected chi connectivity index (χ4v) is 1.59. The van der Waals surface area contributed by atoms with Crippen molar-refractivity contribution in [3.8, 4) is 11.1 Å². The van der Waals surface area contributed by atoms with Gasteiger partial charge in [0.25, 0.3) is 0 Å². The van der Waals surface area contributed by atoms with Gasteiger partial charge in [-0.3, -0.25) is 4.98 Å². The van der Waals surface area contributed by atoms with Crippen LogP contribution < -0.4 is 5.73 Å². The zero-order valence-electron chi connectivity index (χ0n) is 9.64. The van der Waals surface area contributed by atoms with Gasteiger partial charge in [-0.25, -0.2) is 0 Å². The lowest BCUT2D eigenvalue weighted by molar-refractivity contribution is 0.535. The molecule has 2 rings (SSSR count). The van der Waals surface area contributed by atoms with Crippen LogP contribution in [0.1, 0.15) is 19.5 Å². The average Bonchev–Trinajstić information content (AvgIpc) is 2.29. The summed E-state index contributed by atoms with van der Waals surface area (Å²) in [7, 11) is 0. The van der Waals surface area contributed by atoms with Gasteiger partial charge >= 0.3 is 0 Å². The van der Waals surface area contributed by atoms with Gasteiger partial charge in [0.2, 0.25) is 0 Å². The van der Waals surface area contributed by atoms with Gasteiger partial charge in [-0.15, -0.1) is 0 Å². The van der Waals surface area contributed by atoms with Crippen LogP contribution in [0.5, 0.6) is 0 Å². The molecule has 1 heterocycles. The predicted octanol–water partition coefficient (Wildman–Crippen LogP) is 2.94. The summed E-state index contributed by atoms with van der Waals surface area (Å²) < 4.78 is 0. The number of hydrogen-bond donors (Lipinski definition) is 1. The van der Waals surface area contributed by atoms with E-state index in [1.54, 1.807) is 0 Å². The maximum absolute atomic E-state index is 6.04. The fourth-order valence-electron chi connectivity index (χ4n) is 1.59. The number of aromatic nitrogens is 1. The molecule has 0 radical (unpaired) electrons. The molecule has 2 aromatic rings. The topological polar surface area (TPSA) is 38.9 Å². The first-order valence-electron chi connectivity index (χ1n) is 5.38. The molecule has 0 saturated heterocycles. The predicted molar refractivity (Wildman–Crippen MR) is 66.9 cm³/mol. The minimum absolute atomic E-state index is 0.398. The lowest BCUT2D eigenvalue weighted by atomic mass is 9.98. The highest BCUT2D eigenvalue weighted by molar-refractivity contribution is 5.63. The van der Waals surface area contributed by atoms with Crippen LogP contribution in [-0.2, 0) is 5.54 Å². The van der Waals surface area contributed by atoms with Gasteiger partial charge in [0.15, 0.2) is 0 Å². The second kappa shape index (κ2) is 4.06. The van der Waals surface area contributed by atoms with Crippen molar-refractivity contribution in [1.82, 2.24) is 4.98 Å². The van der Waals surface area contributed by atoms with E-state index in [1.807, 2.05) is 44.3 Å². The summed E-state index contributed by atoms with van der Waals surface area (Å²) in [4.78, 5) is 4.31. The highest BCUT2D eigenvalue weighted by Gasteiger charge is 2.15. The first kappa shape index (κ1) is 10.8. The van der Waals surface area contributed by atoms with Crippen molar-refractivity contribution in [2.24, 2.45) is 5.73 Å². The van der Waals surface area contributed by atoms with Crippen LogP contribution in [0.2, 0.25) is 0 Å². The number of nitrogens with zero attached hydrogens (tertiary/aromatic N) is 1. The second-order valence-electron chi connectivity index (χ2n) is 4.52. The van der Waals surface area contributed by atoms with Gasteiger partial charge in [-0.05, 0) is 37.1 Å². The summed E-state index contributed by atoms with van der Waals surface area (Å²) >= 11 is 0. The summed E-state index contributed by atoms with van der Waals surface area (Å²) in [5.74, 6) is 0. The molecule has 0 amide bonds. The van der Waals surface area contributed by atoms with E-state index < -0.39 is 5.54 Å². The molecule has 0 atom stereocenters. The third-order valence-electron chi connectivity index (χ3n) is 2.53. The highest BCUT2D eigenvalue weighted by atomic mass is 14.8. The Kier molecular flexibility index (Phi) is 2.75. The molecule has 0 aliphatic carbocycles. The molecule has 0 aliphatic rings. The van der Waals surface area contributed by atoms with Crippen LogP contribution >= 0.6 is 0 Å². The van der Waals surface area contributed by atoms with Crippen LogP contribution in [0.4, 0.5) is 0 Å². The van der Waals surface area contributed by atoms with Crippen LogP contribution in [0, 0.1) is 0 Å². The van der Waals surface area contributed by atoms with E-state index in [4.69, 9.17) is 5.73 Å². The maximum atomic E-state index is 6.04. The Morgan fingerprint density at radius 2 is 1.69 bits per heavy atom. The van der Waals surface area contributed by atoms with E-state index in [1.165, 1.54) is 5.56 Å². The van der Waals surface area contributed by atoms with E-state index in [-0.39, 0.29) is 0 Å². The van der Waals surface area contributed by atoms with Crippen molar-refractivity contribution in [3.63, 3.8) is 0 Å². The van der Waals surface area contributed by atoms with E-state index >= 15 is 0 Å². The van der Waals surface area contributed by atoms with Crippen LogP contribution in [0.3, 0.4) is 0 Å². The summed E-state index contributed by atoms with van der Waals surface area (Å²) in [6.45, 7) is 3.92. The number of hydrogen-bond acceptors (Lipinski definition) is 2. The Bertz CT molecular complexity index is 470. The Labute approximate surface area is 96.1 Å². The molecule has 2 N–H and O–H groups in total. The lowest BCUT2D eigenvalue weighted by Crippen LogP contribution is -2.29. The minimum Gasteiger partial charge on any atom is -0.321 e. The number of rotatable bonds is 2. The van der Waals surface area contributed by atoms with Crippen molar-refractivity contribution >= 4 is 0 Å². The zero-order chi connectivity index (χ0) is 11.6. The third-order valence-corrected chi connectivity index (χ3v) is 2.53. The summed E-state index contributed by atoms with van der Waals surface area (Å²) in [6.07, 6.45) is 1.81. The second-order valence-corrected chi connectivity index (χ2v) is 4.52. The Morgan fingerprint density at radius 1 is 1.00 bits per heavy atom. The highest BCUT2D eigenvalue weighted by Crippen LogP contribution is 2.22. The monoisotopic (exact) mass is 212 g/mol. The molecule has 0 saturated carbocycles. The van der Waals surface area contributed by atoms with Crippen molar-refractivity contribution in [3.05, 3.63) is 54.4 Å². The van der Waals surface area contributed by atoms with E-state index in [0.29, 0.717) is 0 Å². The van der Waals surface area contributed by atoms with Gasteiger partial charge in [-0.2, -0.15) is 0 Å². The summed E-state index contributed by atoms with van der Waals surface area (Å²) in [5, 5.41) is 0. The van der Waals surface area contributed by atoms with Gasteiger partial charge in [0.1, 0.15) is 0 Å². The SMILES string of the molecule is CC(C)(N)c1cc(-c2ccccc2)ccn1. The van der Waals surface area contributed by atoms with Crippen LogP contribution in [0.25, 0.3) is 11.1 Å². The molecular formula is C14H16N2. The molecule has 2 nitrogen and oxygen atoms in total. The summed E-state index contributed by atoms with van der Waals surface area (Å²) in [6, 6.07) is 14.3. The van der Waals surface area contributed by atoms with Crippen LogP contribution in [0.15, 0.2) is 48.7 Å². The van der Waals surface area contributed by atoms with Crippen LogP contribution in [-0.4, -0.2) is 4.98 Å². The van der Waals surface area contributed by atoms with E-state index in [0.717, 1.165) is 11.3 Å². The molecule has 0 fully saturated rings. The van der Waals surface area contributed by atoms with Gasteiger partial charge in [0.05, 0.1) is 11.2 Å². The smallest absolute Gasteiger partial charge is 0.0602 e. The molecule has 0 bridgehead atoms. The molecule has 82 valence electrons. The van der Waals surface area contributed by atoms with Crippen molar-refractivity contribution in [1.29, 1.82) is 0 Å². The maximum Gasteiger partial charge on any atom is 0.0602 e. The number of pyridine rings is 1. The average molecular weight is 212 g/mol. The Morgan fingerprint density at radius 3 is 2.31 bits per heavy atom. The normalized spacial score (nSPS) is 11.4. The molecule has 2 heteroatoms. The van der Waals surface area contributed by atoms with Crippen molar-refractivity contribution in [2.75, 3.05) is 0 Å². The largest absolute Gasteiger partial charge is 0.321 e. The number of nitrogens with two attached hydrogens (primary N) is 1. The minimum atomic E-state index is -0.398. The standard InChI is InChI=1S/C14H16N2/c1-14(2,15)13-10-12(8-9-16-13)11-6-4-3-5-7-11/h3-10H,15H2,1-2H3. The fraction of sp³-hybridized carbons (Fsp3) is 0.214. The zero-order valence-corrected chi connectivity index (χ0v) is 9.64. The van der Waals surface area contributed by atoms with E-state index in [2.05, 4.69) is 23.2 Å². The molecular weight excluding hydrogens is 196 g/mol. The van der Waals surface area contributed by atoms with Gasteiger partial charge in [0, 0.05) is 6.20 Å². The molecule has 1 aromatic carbocycles. The lowest BCUT2D eigenvalue weighted by Gasteiger charge is -2.18. The van der Waals surface area contributed by atoms with Crippen molar-refractivity contribution < 1.29 is 0 Å². The molecule has 0 aliphatic heterocycles. The van der Waals surface area contributed by atoms with E-state index in [9.17, 15) is 0 Å². The Hall–Kier alpha value is -1.67. The molecule has 1 aromatic heterocycles.